The molecule has 0 unspecified atom stereocenters. The normalized spacial score (nSPS) is 24.3. The van der Waals surface area contributed by atoms with Gasteiger partial charge in [-0.05, 0) is 75.9 Å². The Morgan fingerprint density at radius 1 is 0.562 bits per heavy atom. The Hall–Kier alpha value is -5.46. The van der Waals surface area contributed by atoms with E-state index in [1.54, 1.807) is 38.5 Å². The van der Waals surface area contributed by atoms with Gasteiger partial charge in [-0.1, -0.05) is 103 Å². The van der Waals surface area contributed by atoms with Gasteiger partial charge in [-0.3, -0.25) is 14.4 Å². The molecule has 8 rings (SSSR count). The minimum absolute atomic E-state index is 0.188. The van der Waals surface area contributed by atoms with Gasteiger partial charge in [0.05, 0.1) is 42.6 Å². The number of amides is 2. The van der Waals surface area contributed by atoms with Crippen molar-refractivity contribution in [2.24, 2.45) is 11.8 Å². The van der Waals surface area contributed by atoms with Crippen molar-refractivity contribution in [2.45, 2.75) is 10.8 Å². The number of hydrogen-bond acceptors (Lipinski definition) is 5. The van der Waals surface area contributed by atoms with Crippen molar-refractivity contribution in [2.75, 3.05) is 19.1 Å². The minimum Gasteiger partial charge on any atom is -0.497 e. The number of benzene rings is 5. The Bertz CT molecular complexity index is 2000. The summed E-state index contributed by atoms with van der Waals surface area (Å²) < 4.78 is 11.0. The van der Waals surface area contributed by atoms with Gasteiger partial charge in [0.2, 0.25) is 11.8 Å². The van der Waals surface area contributed by atoms with E-state index in [1.807, 2.05) is 109 Å². The monoisotopic (exact) mass is 651 g/mol. The summed E-state index contributed by atoms with van der Waals surface area (Å²) >= 11 is 6.40. The molecule has 0 N–H and O–H groups in total. The molecule has 1 saturated carbocycles. The maximum absolute atomic E-state index is 16.0. The Balaban J connectivity index is 1.55. The van der Waals surface area contributed by atoms with Crippen LogP contribution < -0.4 is 14.4 Å². The van der Waals surface area contributed by atoms with E-state index in [4.69, 9.17) is 21.1 Å². The zero-order valence-electron chi connectivity index (χ0n) is 26.2. The fourth-order valence-electron chi connectivity index (χ4n) is 8.51. The molecule has 1 heterocycles. The van der Waals surface area contributed by atoms with E-state index in [0.29, 0.717) is 44.5 Å². The van der Waals surface area contributed by atoms with Crippen LogP contribution in [-0.4, -0.2) is 31.8 Å². The molecule has 48 heavy (non-hydrogen) atoms. The Labute approximate surface area is 283 Å². The number of rotatable bonds is 7. The highest BCUT2D eigenvalue weighted by molar-refractivity contribution is 6.39. The van der Waals surface area contributed by atoms with Crippen molar-refractivity contribution in [3.05, 3.63) is 161 Å². The van der Waals surface area contributed by atoms with E-state index in [9.17, 15) is 0 Å². The maximum Gasteiger partial charge on any atom is 0.239 e. The number of hydrogen-bond donors (Lipinski definition) is 0. The summed E-state index contributed by atoms with van der Waals surface area (Å²) in [5, 5.41) is 0.399. The third kappa shape index (κ3) is 3.84. The number of nitrogens with zero attached hydrogens (tertiary/aromatic N) is 1. The molecule has 2 fully saturated rings. The fourth-order valence-corrected chi connectivity index (χ4v) is 8.69. The average molecular weight is 652 g/mol. The minimum atomic E-state index is -1.51. The first-order chi connectivity index (χ1) is 23.4. The molecule has 2 bridgehead atoms. The number of fused-ring (bicyclic) bond motifs is 5. The largest absolute Gasteiger partial charge is 0.497 e. The first kappa shape index (κ1) is 29.9. The van der Waals surface area contributed by atoms with Crippen molar-refractivity contribution < 1.29 is 23.9 Å². The lowest BCUT2D eigenvalue weighted by molar-refractivity contribution is -0.130. The number of methoxy groups -OCH3 is 2. The summed E-state index contributed by atoms with van der Waals surface area (Å²) in [5.74, 6) is -1.79. The first-order valence-corrected chi connectivity index (χ1v) is 16.1. The van der Waals surface area contributed by atoms with Gasteiger partial charge in [-0.2, -0.15) is 0 Å². The van der Waals surface area contributed by atoms with E-state index in [2.05, 4.69) is 0 Å². The molecular weight excluding hydrogens is 622 g/mol. The number of Topliss-reactive ketones (excluding diaryl/α,β-unsaturated/α-hetero) is 1. The Morgan fingerprint density at radius 2 is 1.00 bits per heavy atom. The maximum atomic E-state index is 16.0. The van der Waals surface area contributed by atoms with Gasteiger partial charge in [0.25, 0.3) is 0 Å². The third-order valence-corrected chi connectivity index (χ3v) is 10.5. The summed E-state index contributed by atoms with van der Waals surface area (Å²) in [4.78, 5) is 47.3. The molecule has 5 aromatic carbocycles. The molecule has 6 nitrogen and oxygen atoms in total. The number of ketones is 1. The van der Waals surface area contributed by atoms with Crippen LogP contribution in [0.4, 0.5) is 5.69 Å². The number of anilines is 1. The van der Waals surface area contributed by atoms with Crippen molar-refractivity contribution >= 4 is 46.0 Å². The van der Waals surface area contributed by atoms with Gasteiger partial charge in [-0.25, -0.2) is 4.90 Å². The topological polar surface area (TPSA) is 72.9 Å². The summed E-state index contributed by atoms with van der Waals surface area (Å²) in [6, 6.07) is 40.8. The number of allylic oxidation sites excluding steroid dienone is 2. The second kappa shape index (κ2) is 11.1. The van der Waals surface area contributed by atoms with Gasteiger partial charge in [0.1, 0.15) is 11.5 Å². The molecule has 0 aromatic heterocycles. The summed E-state index contributed by atoms with van der Waals surface area (Å²) in [7, 11) is 3.21. The van der Waals surface area contributed by atoms with Crippen LogP contribution in [0.1, 0.15) is 22.3 Å². The van der Waals surface area contributed by atoms with E-state index in [0.717, 1.165) is 11.1 Å². The van der Waals surface area contributed by atoms with Gasteiger partial charge in [-0.15, -0.1) is 0 Å². The van der Waals surface area contributed by atoms with Crippen LogP contribution in [0, 0.1) is 11.8 Å². The summed E-state index contributed by atoms with van der Waals surface area (Å²) in [6.07, 6.45) is 0. The second-order valence-corrected chi connectivity index (χ2v) is 12.8. The van der Waals surface area contributed by atoms with Gasteiger partial charge >= 0.3 is 0 Å². The van der Waals surface area contributed by atoms with E-state index in [-0.39, 0.29) is 5.78 Å². The molecule has 4 atom stereocenters. The van der Waals surface area contributed by atoms with Crippen LogP contribution in [-0.2, 0) is 25.2 Å². The fraction of sp³-hybridized carbons (Fsp3) is 0.146. The van der Waals surface area contributed by atoms with Crippen LogP contribution in [0.3, 0.4) is 0 Å². The van der Waals surface area contributed by atoms with Crippen LogP contribution in [0.5, 0.6) is 11.5 Å². The lowest BCUT2D eigenvalue weighted by atomic mass is 9.59. The smallest absolute Gasteiger partial charge is 0.239 e. The Kier molecular flexibility index (Phi) is 6.90. The summed E-state index contributed by atoms with van der Waals surface area (Å²) in [6.45, 7) is 0. The quantitative estimate of drug-likeness (QED) is 0.170. The van der Waals surface area contributed by atoms with Crippen LogP contribution in [0.2, 0.25) is 5.02 Å². The standard InChI is InChI=1S/C41H30ClNO5/c1-47-31-20-16-25(17-21-31)33-34(26-18-22-32(48-2)23-19-26)41(28-12-7-4-8-13-28)36-35(40(33,39(41)46)27-10-5-3-6-11-27)37(44)43(38(36)45)30-15-9-14-29(42)24-30/h3-24,35-36H,1-2H3/t35-,36-,40+,41+/m0/s1. The van der Waals surface area contributed by atoms with Gasteiger partial charge < -0.3 is 9.47 Å². The molecule has 5 aromatic rings. The van der Waals surface area contributed by atoms with Crippen molar-refractivity contribution in [3.63, 3.8) is 0 Å². The van der Waals surface area contributed by atoms with Crippen molar-refractivity contribution in [1.29, 1.82) is 0 Å². The predicted molar refractivity (Wildman–Crippen MR) is 185 cm³/mol. The number of halogens is 1. The molecule has 2 amide bonds. The SMILES string of the molecule is COc1ccc(C2=C(c3ccc(OC)cc3)[C@@]3(c4ccccc4)C(=O)[C@@]2(c2ccccc2)[C@@H]2C(=O)N(c4cccc(Cl)c4)C(=O)[C@H]23)cc1. The van der Waals surface area contributed by atoms with Gasteiger partial charge in [0, 0.05) is 5.02 Å². The van der Waals surface area contributed by atoms with Crippen molar-refractivity contribution in [1.82, 2.24) is 0 Å². The number of carbonyl (C=O) groups is 3. The highest BCUT2D eigenvalue weighted by Crippen LogP contribution is 2.74. The third-order valence-electron chi connectivity index (χ3n) is 10.3. The number of imide groups is 1. The van der Waals surface area contributed by atoms with Crippen LogP contribution in [0.25, 0.3) is 11.1 Å². The van der Waals surface area contributed by atoms with Crippen molar-refractivity contribution in [3.8, 4) is 11.5 Å². The van der Waals surface area contributed by atoms with E-state index >= 15 is 14.4 Å². The molecule has 1 aliphatic heterocycles. The highest BCUT2D eigenvalue weighted by Gasteiger charge is 2.82. The molecule has 236 valence electrons. The lowest BCUT2D eigenvalue weighted by Gasteiger charge is -2.39. The molecule has 1 saturated heterocycles. The number of ether oxygens (including phenoxy) is 2. The predicted octanol–water partition coefficient (Wildman–Crippen LogP) is 7.55. The number of carbonyl (C=O) groups excluding carboxylic acids is 3. The molecule has 3 aliphatic rings. The second-order valence-electron chi connectivity index (χ2n) is 12.3. The molecular formula is C41H30ClNO5. The van der Waals surface area contributed by atoms with Crippen LogP contribution in [0.15, 0.2) is 133 Å². The molecule has 0 radical (unpaired) electrons. The lowest BCUT2D eigenvalue weighted by Crippen LogP contribution is -2.45. The van der Waals surface area contributed by atoms with Crippen LogP contribution >= 0.6 is 11.6 Å². The average Bonchev–Trinajstić information content (AvgIpc) is 3.64. The van der Waals surface area contributed by atoms with E-state index < -0.39 is 34.5 Å². The zero-order valence-corrected chi connectivity index (χ0v) is 27.0. The first-order valence-electron chi connectivity index (χ1n) is 15.7. The van der Waals surface area contributed by atoms with Gasteiger partial charge in [0.15, 0.2) is 5.78 Å². The van der Waals surface area contributed by atoms with E-state index in [1.165, 1.54) is 4.90 Å². The molecule has 2 aliphatic carbocycles. The summed E-state index contributed by atoms with van der Waals surface area (Å²) in [5.41, 5.74) is 1.60. The Morgan fingerprint density at radius 3 is 1.40 bits per heavy atom. The molecule has 7 heteroatoms. The molecule has 0 spiro atoms. The zero-order chi connectivity index (χ0) is 33.2. The highest BCUT2D eigenvalue weighted by atomic mass is 35.5.